The first kappa shape index (κ1) is 22.5. The van der Waals surface area contributed by atoms with Crippen LogP contribution in [0.15, 0.2) is 18.2 Å². The van der Waals surface area contributed by atoms with E-state index in [4.69, 9.17) is 14.2 Å². The number of aliphatic hydroxyl groups is 1. The lowest BCUT2D eigenvalue weighted by Gasteiger charge is -2.30. The number of carbonyl (C=O) groups excluding carboxylic acids is 1. The number of carbonyl (C=O) groups is 1. The van der Waals surface area contributed by atoms with Crippen molar-refractivity contribution in [2.45, 2.75) is 52.1 Å². The van der Waals surface area contributed by atoms with E-state index in [0.717, 1.165) is 36.4 Å². The quantitative estimate of drug-likeness (QED) is 0.656. The van der Waals surface area contributed by atoms with Crippen molar-refractivity contribution >= 4 is 5.97 Å². The number of likely N-dealkylation sites (tertiary alicyclic amines) is 1. The Labute approximate surface area is 168 Å². The smallest absolute Gasteiger partial charge is 0.314 e. The van der Waals surface area contributed by atoms with E-state index in [1.807, 2.05) is 25.1 Å². The standard InChI is InChI=1S/C22H35NO5/c1-6-27-21(25)16-8-7-11-23(13-16)14-17(24)15-28-20-10-9-18(26-5)12-19(20)22(2,3)4/h9-10,12,16-17,24H,6-8,11,13-15H2,1-5H3/p+1/t16-,17-/m0/s1. The number of esters is 1. The van der Waals surface area contributed by atoms with Crippen LogP contribution in [0, 0.1) is 5.92 Å². The number of methoxy groups -OCH3 is 1. The summed E-state index contributed by atoms with van der Waals surface area (Å²) in [6, 6.07) is 5.76. The molecule has 0 radical (unpaired) electrons. The Kier molecular flexibility index (Phi) is 8.13. The monoisotopic (exact) mass is 394 g/mol. The molecule has 3 atom stereocenters. The van der Waals surface area contributed by atoms with Crippen LogP contribution >= 0.6 is 0 Å². The van der Waals surface area contributed by atoms with Crippen LogP contribution in [0.3, 0.4) is 0 Å². The third-order valence-electron chi connectivity index (χ3n) is 5.19. The fraction of sp³-hybridized carbons (Fsp3) is 0.682. The van der Waals surface area contributed by atoms with Crippen LogP contribution in [-0.2, 0) is 14.9 Å². The van der Waals surface area contributed by atoms with Gasteiger partial charge < -0.3 is 24.2 Å². The third kappa shape index (κ3) is 6.38. The number of ether oxygens (including phenoxy) is 3. The van der Waals surface area contributed by atoms with Crippen molar-refractivity contribution in [3.05, 3.63) is 23.8 Å². The highest BCUT2D eigenvalue weighted by atomic mass is 16.5. The maximum Gasteiger partial charge on any atom is 0.314 e. The highest BCUT2D eigenvalue weighted by Crippen LogP contribution is 2.34. The van der Waals surface area contributed by atoms with E-state index in [-0.39, 0.29) is 23.9 Å². The molecule has 1 unspecified atom stereocenters. The second kappa shape index (κ2) is 10.1. The predicted octanol–water partition coefficient (Wildman–Crippen LogP) is 1.59. The Morgan fingerprint density at radius 2 is 2.11 bits per heavy atom. The van der Waals surface area contributed by atoms with Crippen molar-refractivity contribution in [1.29, 1.82) is 0 Å². The van der Waals surface area contributed by atoms with Crippen molar-refractivity contribution < 1.29 is 29.0 Å². The molecule has 1 fully saturated rings. The Hall–Kier alpha value is -1.79. The number of quaternary nitrogens is 1. The molecular formula is C22H36NO5+. The van der Waals surface area contributed by atoms with Crippen LogP contribution in [0.1, 0.15) is 46.1 Å². The molecule has 2 N–H and O–H groups in total. The zero-order valence-electron chi connectivity index (χ0n) is 17.9. The molecule has 6 heteroatoms. The first-order valence-corrected chi connectivity index (χ1v) is 10.2. The van der Waals surface area contributed by atoms with Crippen molar-refractivity contribution in [1.82, 2.24) is 0 Å². The van der Waals surface area contributed by atoms with Crippen molar-refractivity contribution in [2.24, 2.45) is 5.92 Å². The van der Waals surface area contributed by atoms with Gasteiger partial charge in [0.1, 0.15) is 36.7 Å². The van der Waals surface area contributed by atoms with Gasteiger partial charge in [0.15, 0.2) is 0 Å². The molecule has 1 saturated heterocycles. The Morgan fingerprint density at radius 3 is 2.75 bits per heavy atom. The van der Waals surface area contributed by atoms with Gasteiger partial charge in [-0.15, -0.1) is 0 Å². The summed E-state index contributed by atoms with van der Waals surface area (Å²) in [5, 5.41) is 10.5. The van der Waals surface area contributed by atoms with E-state index in [9.17, 15) is 9.90 Å². The van der Waals surface area contributed by atoms with Crippen LogP contribution in [0.4, 0.5) is 0 Å². The molecule has 1 aromatic carbocycles. The van der Waals surface area contributed by atoms with Crippen molar-refractivity contribution in [3.8, 4) is 11.5 Å². The zero-order valence-corrected chi connectivity index (χ0v) is 17.9. The lowest BCUT2D eigenvalue weighted by atomic mass is 9.86. The summed E-state index contributed by atoms with van der Waals surface area (Å²) < 4.78 is 16.5. The maximum absolute atomic E-state index is 12.0. The SMILES string of the molecule is CCOC(=O)[C@H]1CCC[NH+](C[C@H](O)COc2ccc(OC)cc2C(C)(C)C)C1. The molecule has 1 aromatic rings. The fourth-order valence-corrected chi connectivity index (χ4v) is 3.72. The van der Waals surface area contributed by atoms with E-state index in [1.165, 1.54) is 4.90 Å². The number of piperidine rings is 1. The van der Waals surface area contributed by atoms with Gasteiger partial charge in [-0.25, -0.2) is 0 Å². The molecule has 0 bridgehead atoms. The average molecular weight is 395 g/mol. The predicted molar refractivity (Wildman–Crippen MR) is 108 cm³/mol. The van der Waals surface area contributed by atoms with E-state index < -0.39 is 6.10 Å². The molecule has 6 nitrogen and oxygen atoms in total. The Balaban J connectivity index is 1.92. The Morgan fingerprint density at radius 1 is 1.36 bits per heavy atom. The molecule has 0 aliphatic carbocycles. The van der Waals surface area contributed by atoms with Gasteiger partial charge in [-0.1, -0.05) is 20.8 Å². The molecule has 1 aliphatic heterocycles. The normalized spacial score (nSPS) is 21.1. The molecule has 1 heterocycles. The number of hydrogen-bond donors (Lipinski definition) is 2. The Bertz CT molecular complexity index is 640. The molecule has 1 aliphatic rings. The van der Waals surface area contributed by atoms with Crippen molar-refractivity contribution in [3.63, 3.8) is 0 Å². The van der Waals surface area contributed by atoms with E-state index in [1.54, 1.807) is 7.11 Å². The van der Waals surface area contributed by atoms with Gasteiger partial charge in [-0.3, -0.25) is 4.79 Å². The summed E-state index contributed by atoms with van der Waals surface area (Å²) in [5.74, 6) is 1.38. The van der Waals surface area contributed by atoms with Gasteiger partial charge in [0.2, 0.25) is 0 Å². The molecular weight excluding hydrogens is 358 g/mol. The molecule has 0 amide bonds. The highest BCUT2D eigenvalue weighted by molar-refractivity contribution is 5.72. The van der Waals surface area contributed by atoms with Gasteiger partial charge in [0, 0.05) is 5.56 Å². The van der Waals surface area contributed by atoms with Gasteiger partial charge in [0.25, 0.3) is 0 Å². The number of rotatable bonds is 8. The number of benzene rings is 1. The summed E-state index contributed by atoms with van der Waals surface area (Å²) >= 11 is 0. The van der Waals surface area contributed by atoms with Crippen LogP contribution in [0.25, 0.3) is 0 Å². The molecule has 2 rings (SSSR count). The van der Waals surface area contributed by atoms with E-state index in [2.05, 4.69) is 20.8 Å². The minimum Gasteiger partial charge on any atom is -0.497 e. The van der Waals surface area contributed by atoms with Gasteiger partial charge in [0.05, 0.1) is 26.8 Å². The summed E-state index contributed by atoms with van der Waals surface area (Å²) in [4.78, 5) is 13.2. The van der Waals surface area contributed by atoms with Crippen LogP contribution in [0.5, 0.6) is 11.5 Å². The summed E-state index contributed by atoms with van der Waals surface area (Å²) in [5.41, 5.74) is 0.950. The van der Waals surface area contributed by atoms with Gasteiger partial charge >= 0.3 is 5.97 Å². The third-order valence-corrected chi connectivity index (χ3v) is 5.19. The molecule has 158 valence electrons. The fourth-order valence-electron chi connectivity index (χ4n) is 3.72. The first-order valence-electron chi connectivity index (χ1n) is 10.2. The summed E-state index contributed by atoms with van der Waals surface area (Å²) in [7, 11) is 1.65. The molecule has 0 aromatic heterocycles. The number of hydrogen-bond acceptors (Lipinski definition) is 5. The van der Waals surface area contributed by atoms with Crippen LogP contribution in [-0.4, -0.2) is 57.1 Å². The number of nitrogens with one attached hydrogen (secondary N) is 1. The van der Waals surface area contributed by atoms with E-state index in [0.29, 0.717) is 19.7 Å². The molecule has 28 heavy (non-hydrogen) atoms. The minimum absolute atomic E-state index is 0.0640. The first-order chi connectivity index (χ1) is 13.2. The van der Waals surface area contributed by atoms with Crippen molar-refractivity contribution in [2.75, 3.05) is 40.0 Å². The highest BCUT2D eigenvalue weighted by Gasteiger charge is 2.31. The largest absolute Gasteiger partial charge is 0.497 e. The summed E-state index contributed by atoms with van der Waals surface area (Å²) in [6.07, 6.45) is 1.25. The lowest BCUT2D eigenvalue weighted by Crippen LogP contribution is -3.15. The molecule has 0 saturated carbocycles. The van der Waals surface area contributed by atoms with Gasteiger partial charge in [-0.05, 0) is 43.4 Å². The molecule has 0 spiro atoms. The second-order valence-electron chi connectivity index (χ2n) is 8.58. The second-order valence-corrected chi connectivity index (χ2v) is 8.58. The van der Waals surface area contributed by atoms with Gasteiger partial charge in [-0.2, -0.15) is 0 Å². The minimum atomic E-state index is -0.592. The average Bonchev–Trinajstić information content (AvgIpc) is 2.66. The zero-order chi connectivity index (χ0) is 20.7. The van der Waals surface area contributed by atoms with E-state index >= 15 is 0 Å². The lowest BCUT2D eigenvalue weighted by molar-refractivity contribution is -0.910. The van der Waals surface area contributed by atoms with Crippen LogP contribution in [0.2, 0.25) is 0 Å². The number of aliphatic hydroxyl groups excluding tert-OH is 1. The maximum atomic E-state index is 12.0. The summed E-state index contributed by atoms with van der Waals surface area (Å²) in [6.45, 7) is 11.1. The van der Waals surface area contributed by atoms with Crippen LogP contribution < -0.4 is 14.4 Å². The topological polar surface area (TPSA) is 69.4 Å².